The van der Waals surface area contributed by atoms with Gasteiger partial charge in [0.2, 0.25) is 5.91 Å². The zero-order valence-corrected chi connectivity index (χ0v) is 14.8. The van der Waals surface area contributed by atoms with Gasteiger partial charge in [0.25, 0.3) is 5.91 Å². The highest BCUT2D eigenvalue weighted by atomic mass is 19.1. The Labute approximate surface area is 156 Å². The molecule has 1 fully saturated rings. The van der Waals surface area contributed by atoms with Gasteiger partial charge in [-0.25, -0.2) is 4.39 Å². The molecule has 1 aliphatic heterocycles. The van der Waals surface area contributed by atoms with Crippen molar-refractivity contribution < 1.29 is 18.7 Å². The number of benzene rings is 1. The van der Waals surface area contributed by atoms with Gasteiger partial charge < -0.3 is 15.4 Å². The summed E-state index contributed by atoms with van der Waals surface area (Å²) in [6.45, 7) is 5.58. The number of nitrogens with one attached hydrogen (secondary N) is 2. The summed E-state index contributed by atoms with van der Waals surface area (Å²) in [5, 5.41) is 9.27. The van der Waals surface area contributed by atoms with Crippen LogP contribution in [0.3, 0.4) is 0 Å². The van der Waals surface area contributed by atoms with E-state index in [0.29, 0.717) is 17.2 Å². The molecule has 7 nitrogen and oxygen atoms in total. The van der Waals surface area contributed by atoms with Crippen LogP contribution >= 0.6 is 0 Å². The van der Waals surface area contributed by atoms with Gasteiger partial charge >= 0.3 is 0 Å². The maximum Gasteiger partial charge on any atom is 0.258 e. The van der Waals surface area contributed by atoms with Crippen LogP contribution in [0.2, 0.25) is 0 Å². The Kier molecular flexibility index (Phi) is 5.97. The SMILES string of the molecule is C=CC(=O)Nc1cc(NC(=O)c2cnn(CC3CCOCC3)c2)ccc1F. The van der Waals surface area contributed by atoms with Crippen LogP contribution in [0.1, 0.15) is 23.2 Å². The van der Waals surface area contributed by atoms with E-state index in [4.69, 9.17) is 4.74 Å². The van der Waals surface area contributed by atoms with Crippen molar-refractivity contribution in [2.75, 3.05) is 23.8 Å². The first kappa shape index (κ1) is 18.8. The number of anilines is 2. The number of aromatic nitrogens is 2. The van der Waals surface area contributed by atoms with Crippen LogP contribution in [0.4, 0.5) is 15.8 Å². The normalized spacial score (nSPS) is 14.6. The molecule has 0 aliphatic carbocycles. The zero-order chi connectivity index (χ0) is 19.2. The molecule has 1 aliphatic rings. The van der Waals surface area contributed by atoms with E-state index in [9.17, 15) is 14.0 Å². The summed E-state index contributed by atoms with van der Waals surface area (Å²) in [6.07, 6.45) is 6.19. The minimum atomic E-state index is -0.604. The van der Waals surface area contributed by atoms with Gasteiger partial charge in [-0.2, -0.15) is 5.10 Å². The number of ether oxygens (including phenoxy) is 1. The zero-order valence-electron chi connectivity index (χ0n) is 14.8. The van der Waals surface area contributed by atoms with Crippen molar-refractivity contribution in [1.82, 2.24) is 9.78 Å². The van der Waals surface area contributed by atoms with Crippen LogP contribution in [-0.2, 0) is 16.1 Å². The molecule has 2 heterocycles. The Balaban J connectivity index is 1.64. The highest BCUT2D eigenvalue weighted by Crippen LogP contribution is 2.21. The molecule has 1 aromatic heterocycles. The summed E-state index contributed by atoms with van der Waals surface area (Å²) < 4.78 is 20.9. The first-order chi connectivity index (χ1) is 13.0. The highest BCUT2D eigenvalue weighted by Gasteiger charge is 2.16. The molecular formula is C19H21FN4O3. The van der Waals surface area contributed by atoms with Crippen molar-refractivity contribution in [2.24, 2.45) is 5.92 Å². The van der Waals surface area contributed by atoms with Crippen molar-refractivity contribution in [3.63, 3.8) is 0 Å². The van der Waals surface area contributed by atoms with Crippen molar-refractivity contribution in [1.29, 1.82) is 0 Å². The number of nitrogens with zero attached hydrogens (tertiary/aromatic N) is 2. The Hall–Kier alpha value is -3.00. The number of halogens is 1. The molecule has 1 aromatic carbocycles. The second-order valence-electron chi connectivity index (χ2n) is 6.35. The van der Waals surface area contributed by atoms with Crippen molar-refractivity contribution in [3.8, 4) is 0 Å². The van der Waals surface area contributed by atoms with E-state index in [2.05, 4.69) is 22.3 Å². The number of rotatable bonds is 6. The third kappa shape index (κ3) is 5.01. The fourth-order valence-electron chi connectivity index (χ4n) is 2.86. The third-order valence-corrected chi connectivity index (χ3v) is 4.35. The molecule has 0 atom stereocenters. The van der Waals surface area contributed by atoms with E-state index in [-0.39, 0.29) is 11.6 Å². The van der Waals surface area contributed by atoms with Crippen LogP contribution in [-0.4, -0.2) is 34.8 Å². The van der Waals surface area contributed by atoms with Gasteiger partial charge in [0.15, 0.2) is 0 Å². The van der Waals surface area contributed by atoms with Gasteiger partial charge in [0.1, 0.15) is 5.82 Å². The topological polar surface area (TPSA) is 85.3 Å². The largest absolute Gasteiger partial charge is 0.381 e. The summed E-state index contributed by atoms with van der Waals surface area (Å²) >= 11 is 0. The van der Waals surface area contributed by atoms with E-state index in [1.807, 2.05) is 0 Å². The summed E-state index contributed by atoms with van der Waals surface area (Å²) in [5.41, 5.74) is 0.730. The van der Waals surface area contributed by atoms with Gasteiger partial charge in [-0.05, 0) is 43.0 Å². The maximum atomic E-state index is 13.8. The Morgan fingerprint density at radius 1 is 1.33 bits per heavy atom. The summed E-state index contributed by atoms with van der Waals surface area (Å²) in [6, 6.07) is 3.94. The predicted molar refractivity (Wildman–Crippen MR) is 98.9 cm³/mol. The van der Waals surface area contributed by atoms with Crippen LogP contribution in [0.5, 0.6) is 0 Å². The number of carbonyl (C=O) groups excluding carboxylic acids is 2. The Morgan fingerprint density at radius 2 is 2.11 bits per heavy atom. The molecule has 0 radical (unpaired) electrons. The molecule has 3 rings (SSSR count). The smallest absolute Gasteiger partial charge is 0.258 e. The fraction of sp³-hybridized carbons (Fsp3) is 0.316. The summed E-state index contributed by atoms with van der Waals surface area (Å²) in [7, 11) is 0. The van der Waals surface area contributed by atoms with Crippen LogP contribution in [0.15, 0.2) is 43.2 Å². The third-order valence-electron chi connectivity index (χ3n) is 4.35. The molecule has 2 N–H and O–H groups in total. The lowest BCUT2D eigenvalue weighted by Gasteiger charge is -2.21. The van der Waals surface area contributed by atoms with Crippen molar-refractivity contribution in [2.45, 2.75) is 19.4 Å². The van der Waals surface area contributed by atoms with Gasteiger partial charge in [0, 0.05) is 31.6 Å². The van der Waals surface area contributed by atoms with Gasteiger partial charge in [-0.3, -0.25) is 14.3 Å². The van der Waals surface area contributed by atoms with Crippen LogP contribution < -0.4 is 10.6 Å². The lowest BCUT2D eigenvalue weighted by Crippen LogP contribution is -2.20. The summed E-state index contributed by atoms with van der Waals surface area (Å²) in [4.78, 5) is 23.8. The van der Waals surface area contributed by atoms with E-state index in [1.165, 1.54) is 24.4 Å². The lowest BCUT2D eigenvalue weighted by atomic mass is 10.0. The molecule has 1 saturated heterocycles. The first-order valence-electron chi connectivity index (χ1n) is 8.69. The number of carbonyl (C=O) groups is 2. The first-order valence-corrected chi connectivity index (χ1v) is 8.69. The number of hydrogen-bond acceptors (Lipinski definition) is 4. The number of hydrogen-bond donors (Lipinski definition) is 2. The van der Waals surface area contributed by atoms with Crippen LogP contribution in [0, 0.1) is 11.7 Å². The fourth-order valence-corrected chi connectivity index (χ4v) is 2.86. The molecule has 142 valence electrons. The second-order valence-corrected chi connectivity index (χ2v) is 6.35. The minimum Gasteiger partial charge on any atom is -0.381 e. The number of amides is 2. The molecular weight excluding hydrogens is 351 g/mol. The van der Waals surface area contributed by atoms with Crippen LogP contribution in [0.25, 0.3) is 0 Å². The van der Waals surface area contributed by atoms with Crippen molar-refractivity contribution in [3.05, 3.63) is 54.6 Å². The van der Waals surface area contributed by atoms with E-state index < -0.39 is 11.7 Å². The molecule has 0 bridgehead atoms. The summed E-state index contributed by atoms with van der Waals surface area (Å²) in [5.74, 6) is -1.01. The van der Waals surface area contributed by atoms with Gasteiger partial charge in [0.05, 0.1) is 17.4 Å². The average Bonchev–Trinajstić information content (AvgIpc) is 3.14. The Morgan fingerprint density at radius 3 is 2.85 bits per heavy atom. The molecule has 2 amide bonds. The molecule has 2 aromatic rings. The van der Waals surface area contributed by atoms with Crippen molar-refractivity contribution >= 4 is 23.2 Å². The van der Waals surface area contributed by atoms with E-state index in [0.717, 1.165) is 38.7 Å². The molecule has 8 heteroatoms. The van der Waals surface area contributed by atoms with Gasteiger partial charge in [-0.15, -0.1) is 0 Å². The predicted octanol–water partition coefficient (Wildman–Crippen LogP) is 2.83. The minimum absolute atomic E-state index is 0.0343. The molecule has 27 heavy (non-hydrogen) atoms. The Bertz CT molecular complexity index is 843. The maximum absolute atomic E-state index is 13.8. The molecule has 0 saturated carbocycles. The lowest BCUT2D eigenvalue weighted by molar-refractivity contribution is -0.111. The molecule has 0 spiro atoms. The standard InChI is InChI=1S/C19H21FN4O3/c1-2-18(25)23-17-9-15(3-4-16(17)20)22-19(26)14-10-21-24(12-14)11-13-5-7-27-8-6-13/h2-4,9-10,12-13H,1,5-8,11H2,(H,22,26)(H,23,25). The van der Waals surface area contributed by atoms with Gasteiger partial charge in [-0.1, -0.05) is 6.58 Å². The average molecular weight is 372 g/mol. The highest BCUT2D eigenvalue weighted by molar-refractivity contribution is 6.04. The second kappa shape index (κ2) is 8.59. The molecule has 0 unspecified atom stereocenters. The quantitative estimate of drug-likeness (QED) is 0.764. The van der Waals surface area contributed by atoms with E-state index >= 15 is 0 Å². The van der Waals surface area contributed by atoms with E-state index in [1.54, 1.807) is 10.9 Å². The monoisotopic (exact) mass is 372 g/mol.